The first-order valence-corrected chi connectivity index (χ1v) is 9.05. The van der Waals surface area contributed by atoms with E-state index in [9.17, 15) is 9.90 Å². The summed E-state index contributed by atoms with van der Waals surface area (Å²) in [5.41, 5.74) is 2.19. The van der Waals surface area contributed by atoms with Gasteiger partial charge in [0, 0.05) is 18.0 Å². The number of hydrogen-bond donors (Lipinski definition) is 2. The van der Waals surface area contributed by atoms with Gasteiger partial charge in [-0.2, -0.15) is 5.10 Å². The van der Waals surface area contributed by atoms with Crippen LogP contribution in [0.1, 0.15) is 39.9 Å². The maximum Gasteiger partial charge on any atom is 0.336 e. The molecule has 7 heteroatoms. The Hall–Kier alpha value is -2.51. The van der Waals surface area contributed by atoms with E-state index in [1.54, 1.807) is 35.9 Å². The number of rotatable bonds is 5. The van der Waals surface area contributed by atoms with Crippen LogP contribution in [0.3, 0.4) is 0 Å². The maximum atomic E-state index is 11.4. The van der Waals surface area contributed by atoms with Crippen molar-refractivity contribution >= 4 is 17.3 Å². The van der Waals surface area contributed by atoms with Crippen LogP contribution in [0.25, 0.3) is 10.4 Å². The van der Waals surface area contributed by atoms with Gasteiger partial charge in [0.1, 0.15) is 5.01 Å². The normalized spacial score (nSPS) is 17.8. The van der Waals surface area contributed by atoms with Crippen LogP contribution >= 0.6 is 11.3 Å². The van der Waals surface area contributed by atoms with E-state index >= 15 is 0 Å². The minimum Gasteiger partial charge on any atom is -0.478 e. The Balaban J connectivity index is 1.55. The van der Waals surface area contributed by atoms with Gasteiger partial charge in [-0.1, -0.05) is 18.2 Å². The van der Waals surface area contributed by atoms with Crippen LogP contribution in [-0.4, -0.2) is 37.7 Å². The van der Waals surface area contributed by atoms with Crippen molar-refractivity contribution in [3.8, 4) is 10.4 Å². The average Bonchev–Trinajstić information content (AvgIpc) is 3.36. The number of nitrogens with one attached hydrogen (secondary N) is 1. The van der Waals surface area contributed by atoms with Gasteiger partial charge in [0.25, 0.3) is 0 Å². The zero-order valence-electron chi connectivity index (χ0n) is 13.6. The number of thiazole rings is 1. The molecule has 0 saturated carbocycles. The van der Waals surface area contributed by atoms with Crippen molar-refractivity contribution < 1.29 is 9.90 Å². The molecule has 1 saturated heterocycles. The number of nitrogens with zero attached hydrogens (tertiary/aromatic N) is 3. The molecule has 1 atom stereocenters. The van der Waals surface area contributed by atoms with Gasteiger partial charge in [-0.25, -0.2) is 9.78 Å². The van der Waals surface area contributed by atoms with Gasteiger partial charge in [-0.05, 0) is 31.5 Å². The van der Waals surface area contributed by atoms with Crippen LogP contribution in [0.2, 0.25) is 0 Å². The molecule has 1 fully saturated rings. The molecular formula is C18H18N4O2S. The second-order valence-corrected chi connectivity index (χ2v) is 7.22. The number of benzene rings is 1. The molecule has 2 N–H and O–H groups in total. The van der Waals surface area contributed by atoms with Crippen LogP contribution < -0.4 is 0 Å². The van der Waals surface area contributed by atoms with Gasteiger partial charge in [0.05, 0.1) is 28.7 Å². The highest BCUT2D eigenvalue weighted by Crippen LogP contribution is 2.34. The van der Waals surface area contributed by atoms with Crippen molar-refractivity contribution in [2.45, 2.75) is 25.4 Å². The molecule has 0 bridgehead atoms. The lowest BCUT2D eigenvalue weighted by Gasteiger charge is -2.22. The van der Waals surface area contributed by atoms with E-state index in [1.807, 2.05) is 18.2 Å². The van der Waals surface area contributed by atoms with Gasteiger partial charge in [0.15, 0.2) is 0 Å². The van der Waals surface area contributed by atoms with Gasteiger partial charge in [-0.3, -0.25) is 10.00 Å². The van der Waals surface area contributed by atoms with Crippen molar-refractivity contribution in [2.24, 2.45) is 0 Å². The fourth-order valence-corrected chi connectivity index (χ4v) is 4.37. The highest BCUT2D eigenvalue weighted by molar-refractivity contribution is 7.15. The van der Waals surface area contributed by atoms with E-state index in [0.29, 0.717) is 11.6 Å². The number of carbonyl (C=O) groups is 1. The van der Waals surface area contributed by atoms with Gasteiger partial charge >= 0.3 is 5.97 Å². The van der Waals surface area contributed by atoms with E-state index in [2.05, 4.69) is 20.1 Å². The summed E-state index contributed by atoms with van der Waals surface area (Å²) < 4.78 is 0. The van der Waals surface area contributed by atoms with Crippen molar-refractivity contribution in [3.05, 3.63) is 59.0 Å². The molecule has 1 aliphatic heterocycles. The SMILES string of the molecule is O=C(O)c1ccccc1-c1cnc(CN2CCC[C@@H]2c2ccn[nH]2)s1. The third kappa shape index (κ3) is 3.20. The lowest BCUT2D eigenvalue weighted by molar-refractivity contribution is 0.0698. The summed E-state index contributed by atoms with van der Waals surface area (Å²) in [6, 6.07) is 9.44. The molecule has 4 rings (SSSR count). The molecule has 1 aliphatic rings. The van der Waals surface area contributed by atoms with Gasteiger partial charge in [0.2, 0.25) is 0 Å². The van der Waals surface area contributed by atoms with Crippen LogP contribution in [0.4, 0.5) is 0 Å². The molecule has 3 heterocycles. The molecule has 1 aromatic carbocycles. The summed E-state index contributed by atoms with van der Waals surface area (Å²) in [4.78, 5) is 19.2. The Morgan fingerprint density at radius 1 is 1.36 bits per heavy atom. The molecule has 0 unspecified atom stereocenters. The van der Waals surface area contributed by atoms with Gasteiger partial charge in [-0.15, -0.1) is 11.3 Å². The number of aromatic nitrogens is 3. The Bertz CT molecular complexity index is 875. The van der Waals surface area contributed by atoms with Crippen molar-refractivity contribution in [2.75, 3.05) is 6.54 Å². The minimum absolute atomic E-state index is 0.314. The number of H-pyrrole nitrogens is 1. The predicted octanol–water partition coefficient (Wildman–Crippen LogP) is 3.57. The Kier molecular flexibility index (Phi) is 4.33. The van der Waals surface area contributed by atoms with E-state index < -0.39 is 5.97 Å². The van der Waals surface area contributed by atoms with Crippen LogP contribution in [0.5, 0.6) is 0 Å². The summed E-state index contributed by atoms with van der Waals surface area (Å²) in [7, 11) is 0. The molecule has 0 radical (unpaired) electrons. The van der Waals surface area contributed by atoms with Crippen molar-refractivity contribution in [3.63, 3.8) is 0 Å². The predicted molar refractivity (Wildman–Crippen MR) is 95.5 cm³/mol. The van der Waals surface area contributed by atoms with E-state index in [0.717, 1.165) is 47.1 Å². The first kappa shape index (κ1) is 16.0. The average molecular weight is 354 g/mol. The molecule has 0 amide bonds. The molecule has 3 aromatic rings. The Morgan fingerprint density at radius 3 is 3.04 bits per heavy atom. The molecule has 0 aliphatic carbocycles. The van der Waals surface area contributed by atoms with Crippen LogP contribution in [0.15, 0.2) is 42.7 Å². The summed E-state index contributed by atoms with van der Waals surface area (Å²) >= 11 is 1.56. The van der Waals surface area contributed by atoms with E-state index in [-0.39, 0.29) is 0 Å². The smallest absolute Gasteiger partial charge is 0.336 e. The number of hydrogen-bond acceptors (Lipinski definition) is 5. The number of likely N-dealkylation sites (tertiary alicyclic amines) is 1. The van der Waals surface area contributed by atoms with Crippen molar-refractivity contribution in [1.29, 1.82) is 0 Å². The third-order valence-corrected chi connectivity index (χ3v) is 5.58. The lowest BCUT2D eigenvalue weighted by atomic mass is 10.1. The lowest BCUT2D eigenvalue weighted by Crippen LogP contribution is -2.22. The Labute approximate surface area is 149 Å². The Morgan fingerprint density at radius 2 is 2.24 bits per heavy atom. The standard InChI is InChI=1S/C18H18N4O2S/c23-18(24)13-5-2-1-4-12(13)16-10-19-17(25-16)11-22-9-3-6-15(22)14-7-8-20-21-14/h1-2,4-5,7-8,10,15H,3,6,9,11H2,(H,20,21)(H,23,24)/t15-/m1/s1. The second-order valence-electron chi connectivity index (χ2n) is 6.11. The topological polar surface area (TPSA) is 82.1 Å². The van der Waals surface area contributed by atoms with Crippen LogP contribution in [0, 0.1) is 0 Å². The van der Waals surface area contributed by atoms with Crippen molar-refractivity contribution in [1.82, 2.24) is 20.1 Å². The quantitative estimate of drug-likeness (QED) is 0.732. The monoisotopic (exact) mass is 354 g/mol. The molecule has 25 heavy (non-hydrogen) atoms. The number of carboxylic acid groups (broad SMARTS) is 1. The van der Waals surface area contributed by atoms with Gasteiger partial charge < -0.3 is 5.11 Å². The van der Waals surface area contributed by atoms with E-state index in [4.69, 9.17) is 0 Å². The van der Waals surface area contributed by atoms with E-state index in [1.165, 1.54) is 0 Å². The molecule has 0 spiro atoms. The summed E-state index contributed by atoms with van der Waals surface area (Å²) in [6.07, 6.45) is 5.84. The highest BCUT2D eigenvalue weighted by Gasteiger charge is 2.27. The largest absolute Gasteiger partial charge is 0.478 e. The molecular weight excluding hydrogens is 336 g/mol. The molecule has 128 valence electrons. The van der Waals surface area contributed by atoms with Crippen LogP contribution in [-0.2, 0) is 6.54 Å². The third-order valence-electron chi connectivity index (χ3n) is 4.56. The zero-order chi connectivity index (χ0) is 17.2. The number of aromatic amines is 1. The fraction of sp³-hybridized carbons (Fsp3) is 0.278. The number of carboxylic acids is 1. The fourth-order valence-electron chi connectivity index (χ4n) is 3.39. The highest BCUT2D eigenvalue weighted by atomic mass is 32.1. The summed E-state index contributed by atoms with van der Waals surface area (Å²) in [6.45, 7) is 1.80. The first-order valence-electron chi connectivity index (χ1n) is 8.23. The minimum atomic E-state index is -0.913. The maximum absolute atomic E-state index is 11.4. The zero-order valence-corrected chi connectivity index (χ0v) is 14.4. The number of aromatic carboxylic acids is 1. The molecule has 6 nitrogen and oxygen atoms in total. The first-order chi connectivity index (χ1) is 12.2. The second kappa shape index (κ2) is 6.78. The summed E-state index contributed by atoms with van der Waals surface area (Å²) in [5, 5.41) is 17.5. The molecule has 2 aromatic heterocycles. The summed E-state index contributed by atoms with van der Waals surface area (Å²) in [5.74, 6) is -0.913.